The third kappa shape index (κ3) is 3.90. The number of anilines is 1. The van der Waals surface area contributed by atoms with Crippen LogP contribution in [0.4, 0.5) is 10.1 Å². The molecule has 28 heavy (non-hydrogen) atoms. The molecule has 2 N–H and O–H groups in total. The Kier molecular flexibility index (Phi) is 6.06. The average molecular weight is 403 g/mol. The van der Waals surface area contributed by atoms with Gasteiger partial charge in [0.2, 0.25) is 5.91 Å². The van der Waals surface area contributed by atoms with Crippen molar-refractivity contribution in [3.05, 3.63) is 70.0 Å². The molecular formula is C20H20ClFN4O2. The third-order valence-electron chi connectivity index (χ3n) is 4.79. The minimum absolute atomic E-state index is 0. The van der Waals surface area contributed by atoms with Crippen LogP contribution in [0.2, 0.25) is 0 Å². The van der Waals surface area contributed by atoms with Crippen molar-refractivity contribution in [2.75, 3.05) is 11.9 Å². The van der Waals surface area contributed by atoms with Crippen LogP contribution in [0, 0.1) is 5.82 Å². The lowest BCUT2D eigenvalue weighted by atomic mass is 9.99. The van der Waals surface area contributed by atoms with E-state index in [0.29, 0.717) is 29.4 Å². The first-order chi connectivity index (χ1) is 13.1. The summed E-state index contributed by atoms with van der Waals surface area (Å²) in [6.07, 6.45) is 2.09. The van der Waals surface area contributed by atoms with Crippen molar-refractivity contribution in [2.45, 2.75) is 25.9 Å². The second-order valence-corrected chi connectivity index (χ2v) is 6.55. The molecule has 2 heterocycles. The molecule has 0 radical (unpaired) electrons. The molecule has 0 aliphatic carbocycles. The van der Waals surface area contributed by atoms with E-state index in [1.165, 1.54) is 10.9 Å². The minimum atomic E-state index is -0.369. The van der Waals surface area contributed by atoms with Crippen LogP contribution < -0.4 is 16.2 Å². The van der Waals surface area contributed by atoms with E-state index in [4.69, 9.17) is 0 Å². The maximum Gasteiger partial charge on any atom is 0.261 e. The Bertz CT molecular complexity index is 1080. The van der Waals surface area contributed by atoms with Crippen LogP contribution in [0.1, 0.15) is 17.5 Å². The number of aryl methyl sites for hydroxylation is 1. The first kappa shape index (κ1) is 20.0. The van der Waals surface area contributed by atoms with Gasteiger partial charge in [-0.25, -0.2) is 9.37 Å². The molecule has 1 amide bonds. The molecule has 146 valence electrons. The van der Waals surface area contributed by atoms with E-state index in [1.807, 2.05) is 12.1 Å². The number of hydrogen-bond acceptors (Lipinski definition) is 4. The first-order valence-corrected chi connectivity index (χ1v) is 8.88. The molecule has 3 aromatic rings. The highest BCUT2D eigenvalue weighted by atomic mass is 35.5. The predicted molar refractivity (Wildman–Crippen MR) is 108 cm³/mol. The van der Waals surface area contributed by atoms with E-state index in [-0.39, 0.29) is 48.3 Å². The Labute approximate surface area is 167 Å². The number of amides is 1. The zero-order valence-corrected chi connectivity index (χ0v) is 15.9. The highest BCUT2D eigenvalue weighted by Gasteiger charge is 2.17. The quantitative estimate of drug-likeness (QED) is 0.703. The lowest BCUT2D eigenvalue weighted by Gasteiger charge is -2.19. The molecule has 2 aromatic carbocycles. The van der Waals surface area contributed by atoms with E-state index >= 15 is 0 Å². The number of rotatable bonds is 4. The number of halogens is 2. The minimum Gasteiger partial charge on any atom is -0.324 e. The van der Waals surface area contributed by atoms with E-state index < -0.39 is 0 Å². The van der Waals surface area contributed by atoms with E-state index in [1.54, 1.807) is 24.3 Å². The second-order valence-electron chi connectivity index (χ2n) is 6.55. The summed E-state index contributed by atoms with van der Waals surface area (Å²) in [5.41, 5.74) is 2.19. The van der Waals surface area contributed by atoms with Crippen molar-refractivity contribution in [2.24, 2.45) is 0 Å². The molecule has 6 nitrogen and oxygen atoms in total. The Morgan fingerprint density at radius 3 is 2.93 bits per heavy atom. The molecule has 0 unspecified atom stereocenters. The van der Waals surface area contributed by atoms with Gasteiger partial charge in [-0.15, -0.1) is 12.4 Å². The van der Waals surface area contributed by atoms with Gasteiger partial charge in [-0.2, -0.15) is 0 Å². The Balaban J connectivity index is 0.00000225. The fraction of sp³-hybridized carbons (Fsp3) is 0.250. The van der Waals surface area contributed by atoms with Crippen molar-refractivity contribution < 1.29 is 9.18 Å². The SMILES string of the molecule is Cl.O=C(CCn1cnc2ccccc2c1=O)Nc1ccc2c(c1F)CCNC2. The number of carbonyl (C=O) groups excluding carboxylic acids is 1. The van der Waals surface area contributed by atoms with E-state index in [9.17, 15) is 14.0 Å². The Morgan fingerprint density at radius 1 is 1.25 bits per heavy atom. The molecule has 0 atom stereocenters. The van der Waals surface area contributed by atoms with Crippen molar-refractivity contribution in [3.8, 4) is 0 Å². The standard InChI is InChI=1S/C20H19FN4O2.ClH/c21-19-14-7-9-22-11-13(14)5-6-17(19)24-18(26)8-10-25-12-23-16-4-2-1-3-15(16)20(25)27;/h1-6,12,22H,7-11H2,(H,24,26);1H. The summed E-state index contributed by atoms with van der Waals surface area (Å²) in [7, 11) is 0. The molecule has 1 aliphatic heterocycles. The van der Waals surface area contributed by atoms with Gasteiger partial charge in [-0.3, -0.25) is 14.2 Å². The molecule has 4 rings (SSSR count). The van der Waals surface area contributed by atoms with Crippen LogP contribution in [0.3, 0.4) is 0 Å². The van der Waals surface area contributed by atoms with Gasteiger partial charge in [0, 0.05) is 19.5 Å². The zero-order valence-electron chi connectivity index (χ0n) is 15.1. The van der Waals surface area contributed by atoms with E-state index in [2.05, 4.69) is 15.6 Å². The summed E-state index contributed by atoms with van der Waals surface area (Å²) in [4.78, 5) is 28.9. The van der Waals surface area contributed by atoms with Crippen LogP contribution in [-0.2, 0) is 24.3 Å². The van der Waals surface area contributed by atoms with Crippen molar-refractivity contribution in [3.63, 3.8) is 0 Å². The number of fused-ring (bicyclic) bond motifs is 2. The normalized spacial score (nSPS) is 12.9. The molecule has 0 bridgehead atoms. The van der Waals surface area contributed by atoms with Gasteiger partial charge >= 0.3 is 0 Å². The summed E-state index contributed by atoms with van der Waals surface area (Å²) >= 11 is 0. The van der Waals surface area contributed by atoms with Gasteiger partial charge in [0.05, 0.1) is 22.9 Å². The summed E-state index contributed by atoms with van der Waals surface area (Å²) in [5, 5.41) is 6.32. The lowest BCUT2D eigenvalue weighted by molar-refractivity contribution is -0.116. The fourth-order valence-corrected chi connectivity index (χ4v) is 3.33. The molecular weight excluding hydrogens is 383 g/mol. The van der Waals surface area contributed by atoms with Gasteiger partial charge in [-0.1, -0.05) is 18.2 Å². The van der Waals surface area contributed by atoms with Crippen LogP contribution in [0.5, 0.6) is 0 Å². The third-order valence-corrected chi connectivity index (χ3v) is 4.79. The maximum atomic E-state index is 14.6. The second kappa shape index (κ2) is 8.50. The Hall–Kier alpha value is -2.77. The largest absolute Gasteiger partial charge is 0.324 e. The fourth-order valence-electron chi connectivity index (χ4n) is 3.33. The van der Waals surface area contributed by atoms with Crippen LogP contribution in [0.15, 0.2) is 47.5 Å². The number of nitrogens with zero attached hydrogens (tertiary/aromatic N) is 2. The van der Waals surface area contributed by atoms with Crippen molar-refractivity contribution >= 4 is 34.9 Å². The monoisotopic (exact) mass is 402 g/mol. The summed E-state index contributed by atoms with van der Waals surface area (Å²) in [5.74, 6) is -0.713. The predicted octanol–water partition coefficient (Wildman–Crippen LogP) is 2.63. The Morgan fingerprint density at radius 2 is 2.07 bits per heavy atom. The lowest BCUT2D eigenvalue weighted by Crippen LogP contribution is -2.26. The summed E-state index contributed by atoms with van der Waals surface area (Å²) < 4.78 is 16.0. The smallest absolute Gasteiger partial charge is 0.261 e. The average Bonchev–Trinajstić information content (AvgIpc) is 2.70. The molecule has 0 saturated carbocycles. The number of para-hydroxylation sites is 1. The molecule has 0 fully saturated rings. The van der Waals surface area contributed by atoms with Crippen molar-refractivity contribution in [1.29, 1.82) is 0 Å². The van der Waals surface area contributed by atoms with E-state index in [0.717, 1.165) is 12.1 Å². The molecule has 1 aromatic heterocycles. The molecule has 8 heteroatoms. The zero-order chi connectivity index (χ0) is 18.8. The first-order valence-electron chi connectivity index (χ1n) is 8.88. The highest BCUT2D eigenvalue weighted by molar-refractivity contribution is 5.91. The van der Waals surface area contributed by atoms with Crippen LogP contribution in [0.25, 0.3) is 10.9 Å². The number of nitrogens with one attached hydrogen (secondary N) is 2. The number of benzene rings is 2. The van der Waals surface area contributed by atoms with Crippen molar-refractivity contribution in [1.82, 2.24) is 14.9 Å². The van der Waals surface area contributed by atoms with Gasteiger partial charge in [0.1, 0.15) is 5.82 Å². The van der Waals surface area contributed by atoms with Gasteiger partial charge in [-0.05, 0) is 42.3 Å². The highest BCUT2D eigenvalue weighted by Crippen LogP contribution is 2.24. The molecule has 0 saturated heterocycles. The van der Waals surface area contributed by atoms with Gasteiger partial charge in [0.15, 0.2) is 0 Å². The maximum absolute atomic E-state index is 14.6. The topological polar surface area (TPSA) is 76.0 Å². The van der Waals surface area contributed by atoms with Crippen LogP contribution in [-0.4, -0.2) is 22.0 Å². The number of aromatic nitrogens is 2. The number of hydrogen-bond donors (Lipinski definition) is 2. The summed E-state index contributed by atoms with van der Waals surface area (Å²) in [6.45, 7) is 1.54. The summed E-state index contributed by atoms with van der Waals surface area (Å²) in [6, 6.07) is 10.5. The number of carbonyl (C=O) groups is 1. The van der Waals surface area contributed by atoms with Gasteiger partial charge < -0.3 is 10.6 Å². The molecule has 1 aliphatic rings. The van der Waals surface area contributed by atoms with Crippen LogP contribution >= 0.6 is 12.4 Å². The van der Waals surface area contributed by atoms with Gasteiger partial charge in [0.25, 0.3) is 5.56 Å². The molecule has 0 spiro atoms.